The highest BCUT2D eigenvalue weighted by atomic mass is 35.5. The predicted molar refractivity (Wildman–Crippen MR) is 79.8 cm³/mol. The highest BCUT2D eigenvalue weighted by molar-refractivity contribution is 6.33. The van der Waals surface area contributed by atoms with Gasteiger partial charge in [-0.25, -0.2) is 4.79 Å². The Morgan fingerprint density at radius 3 is 2.81 bits per heavy atom. The van der Waals surface area contributed by atoms with Crippen LogP contribution in [0.1, 0.15) is 22.8 Å². The number of carboxylic acid groups (broad SMARTS) is 1. The first-order chi connectivity index (χ1) is 10.1. The summed E-state index contributed by atoms with van der Waals surface area (Å²) in [7, 11) is 0. The standard InChI is InChI=1S/C15H12ClN3O2/c1-2-9-5-3-4-6-11(9)13-17-18-14-12(16)7-10(15(20)21)8-19(13)14/h3-8H,2H2,1H3,(H,20,21). The van der Waals surface area contributed by atoms with Crippen molar-refractivity contribution < 1.29 is 9.90 Å². The third kappa shape index (κ3) is 2.25. The number of hydrogen-bond donors (Lipinski definition) is 1. The molecule has 2 aromatic heterocycles. The monoisotopic (exact) mass is 301 g/mol. The number of halogens is 1. The van der Waals surface area contributed by atoms with Crippen molar-refractivity contribution in [3.8, 4) is 11.4 Å². The number of nitrogens with zero attached hydrogens (tertiary/aromatic N) is 3. The Labute approximate surface area is 125 Å². The molecule has 5 nitrogen and oxygen atoms in total. The number of pyridine rings is 1. The Balaban J connectivity index is 2.31. The van der Waals surface area contributed by atoms with Crippen molar-refractivity contribution in [1.29, 1.82) is 0 Å². The van der Waals surface area contributed by atoms with Crippen LogP contribution >= 0.6 is 11.6 Å². The lowest BCUT2D eigenvalue weighted by atomic mass is 10.0. The molecule has 1 N–H and O–H groups in total. The lowest BCUT2D eigenvalue weighted by Crippen LogP contribution is -2.01. The molecule has 6 heteroatoms. The molecule has 1 aromatic carbocycles. The summed E-state index contributed by atoms with van der Waals surface area (Å²) in [4.78, 5) is 11.2. The van der Waals surface area contributed by atoms with E-state index in [1.54, 1.807) is 4.40 Å². The molecular weight excluding hydrogens is 290 g/mol. The minimum atomic E-state index is -1.04. The smallest absolute Gasteiger partial charge is 0.337 e. The number of aromatic nitrogens is 3. The average molecular weight is 302 g/mol. The molecule has 0 aliphatic carbocycles. The van der Waals surface area contributed by atoms with E-state index in [1.807, 2.05) is 24.3 Å². The molecule has 21 heavy (non-hydrogen) atoms. The topological polar surface area (TPSA) is 67.5 Å². The number of hydrogen-bond acceptors (Lipinski definition) is 3. The van der Waals surface area contributed by atoms with E-state index < -0.39 is 5.97 Å². The van der Waals surface area contributed by atoms with Crippen LogP contribution in [-0.2, 0) is 6.42 Å². The maximum atomic E-state index is 11.2. The molecule has 2 heterocycles. The molecule has 0 unspecified atom stereocenters. The van der Waals surface area contributed by atoms with Crippen LogP contribution in [-0.4, -0.2) is 25.7 Å². The zero-order valence-corrected chi connectivity index (χ0v) is 12.0. The van der Waals surface area contributed by atoms with Gasteiger partial charge in [0.15, 0.2) is 11.5 Å². The Kier molecular flexibility index (Phi) is 3.35. The Morgan fingerprint density at radius 1 is 1.33 bits per heavy atom. The molecule has 106 valence electrons. The van der Waals surface area contributed by atoms with Crippen LogP contribution < -0.4 is 0 Å². The molecular formula is C15H12ClN3O2. The molecule has 3 aromatic rings. The van der Waals surface area contributed by atoms with Gasteiger partial charge in [-0.3, -0.25) is 4.40 Å². The fourth-order valence-electron chi connectivity index (χ4n) is 2.30. The summed E-state index contributed by atoms with van der Waals surface area (Å²) >= 11 is 6.09. The third-order valence-corrected chi connectivity index (χ3v) is 3.62. The van der Waals surface area contributed by atoms with Gasteiger partial charge < -0.3 is 5.11 Å². The SMILES string of the molecule is CCc1ccccc1-c1nnc2c(Cl)cc(C(=O)O)cn12. The van der Waals surface area contributed by atoms with E-state index >= 15 is 0 Å². The molecule has 0 fully saturated rings. The number of carbonyl (C=O) groups is 1. The molecule has 0 radical (unpaired) electrons. The zero-order valence-electron chi connectivity index (χ0n) is 11.2. The fraction of sp³-hybridized carbons (Fsp3) is 0.133. The largest absolute Gasteiger partial charge is 0.478 e. The molecule has 0 amide bonds. The van der Waals surface area contributed by atoms with Crippen molar-refractivity contribution in [2.24, 2.45) is 0 Å². The van der Waals surface area contributed by atoms with Crippen LogP contribution in [0.5, 0.6) is 0 Å². The van der Waals surface area contributed by atoms with Crippen molar-refractivity contribution in [3.63, 3.8) is 0 Å². The van der Waals surface area contributed by atoms with Crippen molar-refractivity contribution in [1.82, 2.24) is 14.6 Å². The molecule has 0 aliphatic rings. The first-order valence-corrected chi connectivity index (χ1v) is 6.85. The number of carboxylic acids is 1. The summed E-state index contributed by atoms with van der Waals surface area (Å²) < 4.78 is 1.63. The quantitative estimate of drug-likeness (QED) is 0.806. The van der Waals surface area contributed by atoms with E-state index in [0.29, 0.717) is 11.5 Å². The first-order valence-electron chi connectivity index (χ1n) is 6.47. The van der Waals surface area contributed by atoms with Gasteiger partial charge in [-0.05, 0) is 18.1 Å². The molecule has 0 saturated carbocycles. The highest BCUT2D eigenvalue weighted by Gasteiger charge is 2.16. The first kappa shape index (κ1) is 13.6. The second-order valence-electron chi connectivity index (χ2n) is 4.61. The summed E-state index contributed by atoms with van der Waals surface area (Å²) in [5, 5.41) is 17.7. The van der Waals surface area contributed by atoms with Crippen molar-refractivity contribution in [2.75, 3.05) is 0 Å². The number of aryl methyl sites for hydroxylation is 1. The molecule has 0 spiro atoms. The lowest BCUT2D eigenvalue weighted by molar-refractivity contribution is 0.0696. The van der Waals surface area contributed by atoms with E-state index in [4.69, 9.17) is 16.7 Å². The molecule has 3 rings (SSSR count). The second kappa shape index (κ2) is 5.18. The molecule has 0 bridgehead atoms. The van der Waals surface area contributed by atoms with Gasteiger partial charge >= 0.3 is 5.97 Å². The van der Waals surface area contributed by atoms with Crippen LogP contribution in [0.2, 0.25) is 5.02 Å². The van der Waals surface area contributed by atoms with E-state index in [0.717, 1.165) is 17.5 Å². The number of rotatable bonds is 3. The number of benzene rings is 1. The van der Waals surface area contributed by atoms with Gasteiger partial charge in [0, 0.05) is 11.8 Å². The maximum Gasteiger partial charge on any atom is 0.337 e. The van der Waals surface area contributed by atoms with Gasteiger partial charge in [0.2, 0.25) is 0 Å². The van der Waals surface area contributed by atoms with Gasteiger partial charge in [-0.15, -0.1) is 10.2 Å². The van der Waals surface area contributed by atoms with Gasteiger partial charge in [-0.1, -0.05) is 42.8 Å². The number of aromatic carboxylic acids is 1. The van der Waals surface area contributed by atoms with Crippen LogP contribution in [0.25, 0.3) is 17.0 Å². The summed E-state index contributed by atoms with van der Waals surface area (Å²) in [6.45, 7) is 2.05. The Morgan fingerprint density at radius 2 is 2.10 bits per heavy atom. The van der Waals surface area contributed by atoms with Gasteiger partial charge in [-0.2, -0.15) is 0 Å². The average Bonchev–Trinajstić information content (AvgIpc) is 2.91. The van der Waals surface area contributed by atoms with Crippen LogP contribution in [0, 0.1) is 0 Å². The van der Waals surface area contributed by atoms with Gasteiger partial charge in [0.25, 0.3) is 0 Å². The predicted octanol–water partition coefficient (Wildman–Crippen LogP) is 3.31. The summed E-state index contributed by atoms with van der Waals surface area (Å²) in [5.41, 5.74) is 2.58. The van der Waals surface area contributed by atoms with Crippen LogP contribution in [0.4, 0.5) is 0 Å². The van der Waals surface area contributed by atoms with Crippen LogP contribution in [0.3, 0.4) is 0 Å². The number of fused-ring (bicyclic) bond motifs is 1. The summed E-state index contributed by atoms with van der Waals surface area (Å²) in [5.74, 6) is -0.449. The van der Waals surface area contributed by atoms with E-state index in [1.165, 1.54) is 12.3 Å². The van der Waals surface area contributed by atoms with E-state index in [9.17, 15) is 4.79 Å². The fourth-order valence-corrected chi connectivity index (χ4v) is 2.55. The lowest BCUT2D eigenvalue weighted by Gasteiger charge is -2.07. The molecule has 0 atom stereocenters. The van der Waals surface area contributed by atoms with Gasteiger partial charge in [0.1, 0.15) is 0 Å². The zero-order chi connectivity index (χ0) is 15.0. The Bertz CT molecular complexity index is 842. The highest BCUT2D eigenvalue weighted by Crippen LogP contribution is 2.26. The normalized spacial score (nSPS) is 11.0. The van der Waals surface area contributed by atoms with Crippen molar-refractivity contribution in [3.05, 3.63) is 52.7 Å². The second-order valence-corrected chi connectivity index (χ2v) is 5.02. The molecule has 0 saturated heterocycles. The van der Waals surface area contributed by atoms with Crippen molar-refractivity contribution in [2.45, 2.75) is 13.3 Å². The van der Waals surface area contributed by atoms with Crippen LogP contribution in [0.15, 0.2) is 36.5 Å². The van der Waals surface area contributed by atoms with E-state index in [2.05, 4.69) is 17.1 Å². The minimum absolute atomic E-state index is 0.0996. The van der Waals surface area contributed by atoms with E-state index in [-0.39, 0.29) is 10.6 Å². The summed E-state index contributed by atoms with van der Waals surface area (Å²) in [6.07, 6.45) is 2.34. The van der Waals surface area contributed by atoms with Gasteiger partial charge in [0.05, 0.1) is 10.6 Å². The Hall–Kier alpha value is -2.40. The minimum Gasteiger partial charge on any atom is -0.478 e. The maximum absolute atomic E-state index is 11.2. The molecule has 0 aliphatic heterocycles. The van der Waals surface area contributed by atoms with Crippen molar-refractivity contribution >= 4 is 23.2 Å². The summed E-state index contributed by atoms with van der Waals surface area (Å²) in [6, 6.07) is 9.21. The third-order valence-electron chi connectivity index (χ3n) is 3.35.